The Kier molecular flexibility index (Phi) is 2.48. The molecule has 0 radical (unpaired) electrons. The zero-order valence-corrected chi connectivity index (χ0v) is 9.88. The fraction of sp³-hybridized carbons (Fsp3) is 0.400. The molecule has 2 aromatic rings. The van der Waals surface area contributed by atoms with E-state index in [0.717, 1.165) is 10.7 Å². The lowest BCUT2D eigenvalue weighted by Gasteiger charge is -2.12. The van der Waals surface area contributed by atoms with Crippen LogP contribution in [-0.4, -0.2) is 14.8 Å². The smallest absolute Gasteiger partial charge is 0.122 e. The van der Waals surface area contributed by atoms with Gasteiger partial charge in [0.15, 0.2) is 0 Å². The molecule has 0 spiro atoms. The van der Waals surface area contributed by atoms with Gasteiger partial charge in [0.2, 0.25) is 0 Å². The van der Waals surface area contributed by atoms with E-state index in [9.17, 15) is 0 Å². The number of thiazole rings is 1. The Balaban J connectivity index is 2.40. The van der Waals surface area contributed by atoms with Crippen molar-refractivity contribution in [2.45, 2.75) is 26.8 Å². The summed E-state index contributed by atoms with van der Waals surface area (Å²) in [7, 11) is 0. The van der Waals surface area contributed by atoms with Crippen LogP contribution in [0.4, 0.5) is 5.82 Å². The SMILES string of the molecule is Cc1nc(C(C)n2nccc2N)c(C)s1. The molecule has 0 bridgehead atoms. The number of rotatable bonds is 2. The van der Waals surface area contributed by atoms with Gasteiger partial charge in [0.1, 0.15) is 5.82 Å². The lowest BCUT2D eigenvalue weighted by Crippen LogP contribution is -2.12. The number of nitrogen functional groups attached to an aromatic ring is 1. The van der Waals surface area contributed by atoms with Crippen LogP contribution in [0.3, 0.4) is 0 Å². The summed E-state index contributed by atoms with van der Waals surface area (Å²) in [5.74, 6) is 0.674. The maximum absolute atomic E-state index is 5.81. The minimum atomic E-state index is 0.102. The van der Waals surface area contributed by atoms with Crippen molar-refractivity contribution in [3.05, 3.63) is 27.8 Å². The van der Waals surface area contributed by atoms with Gasteiger partial charge in [0.05, 0.1) is 22.9 Å². The van der Waals surface area contributed by atoms with Crippen molar-refractivity contribution >= 4 is 17.2 Å². The van der Waals surface area contributed by atoms with Gasteiger partial charge in [0, 0.05) is 4.88 Å². The number of hydrogen-bond acceptors (Lipinski definition) is 4. The van der Waals surface area contributed by atoms with Crippen LogP contribution in [0.25, 0.3) is 0 Å². The number of anilines is 1. The van der Waals surface area contributed by atoms with E-state index in [1.807, 2.05) is 6.92 Å². The molecule has 4 nitrogen and oxygen atoms in total. The van der Waals surface area contributed by atoms with Crippen molar-refractivity contribution in [2.75, 3.05) is 5.73 Å². The Morgan fingerprint density at radius 1 is 1.47 bits per heavy atom. The molecule has 2 aromatic heterocycles. The molecule has 0 aliphatic heterocycles. The van der Waals surface area contributed by atoms with E-state index < -0.39 is 0 Å². The normalized spacial score (nSPS) is 13.0. The largest absolute Gasteiger partial charge is 0.384 e. The fourth-order valence-electron chi connectivity index (χ4n) is 1.70. The number of nitrogens with two attached hydrogens (primary N) is 1. The first-order chi connectivity index (χ1) is 7.09. The Morgan fingerprint density at radius 2 is 2.20 bits per heavy atom. The summed E-state index contributed by atoms with van der Waals surface area (Å²) >= 11 is 1.71. The first-order valence-electron chi connectivity index (χ1n) is 4.82. The second-order valence-electron chi connectivity index (χ2n) is 3.55. The number of nitrogens with zero attached hydrogens (tertiary/aromatic N) is 3. The van der Waals surface area contributed by atoms with Gasteiger partial charge >= 0.3 is 0 Å². The topological polar surface area (TPSA) is 56.7 Å². The molecule has 0 aliphatic rings. The zero-order chi connectivity index (χ0) is 11.0. The van der Waals surface area contributed by atoms with E-state index in [2.05, 4.69) is 23.9 Å². The number of hydrogen-bond donors (Lipinski definition) is 1. The molecule has 2 heterocycles. The summed E-state index contributed by atoms with van der Waals surface area (Å²) in [6.07, 6.45) is 1.71. The Labute approximate surface area is 92.8 Å². The van der Waals surface area contributed by atoms with Crippen molar-refractivity contribution in [1.82, 2.24) is 14.8 Å². The minimum absolute atomic E-state index is 0.102. The third kappa shape index (κ3) is 1.74. The highest BCUT2D eigenvalue weighted by Gasteiger charge is 2.16. The van der Waals surface area contributed by atoms with Crippen LogP contribution in [0.5, 0.6) is 0 Å². The van der Waals surface area contributed by atoms with Gasteiger partial charge in [-0.3, -0.25) is 0 Å². The summed E-state index contributed by atoms with van der Waals surface area (Å²) in [4.78, 5) is 5.74. The minimum Gasteiger partial charge on any atom is -0.384 e. The van der Waals surface area contributed by atoms with E-state index in [1.54, 1.807) is 28.3 Å². The van der Waals surface area contributed by atoms with E-state index in [0.29, 0.717) is 5.82 Å². The Hall–Kier alpha value is -1.36. The molecule has 15 heavy (non-hydrogen) atoms. The van der Waals surface area contributed by atoms with Gasteiger partial charge < -0.3 is 5.73 Å². The number of aryl methyl sites for hydroxylation is 2. The highest BCUT2D eigenvalue weighted by Crippen LogP contribution is 2.26. The third-order valence-corrected chi connectivity index (χ3v) is 3.30. The molecule has 0 aromatic carbocycles. The predicted octanol–water partition coefficient (Wildman–Crippen LogP) is 2.15. The zero-order valence-electron chi connectivity index (χ0n) is 9.06. The van der Waals surface area contributed by atoms with Gasteiger partial charge in [0.25, 0.3) is 0 Å². The molecule has 1 atom stereocenters. The van der Waals surface area contributed by atoms with Gasteiger partial charge in [-0.15, -0.1) is 11.3 Å². The molecule has 0 aliphatic carbocycles. The summed E-state index contributed by atoms with van der Waals surface area (Å²) in [6.45, 7) is 6.15. The summed E-state index contributed by atoms with van der Waals surface area (Å²) in [5, 5.41) is 5.28. The maximum atomic E-state index is 5.81. The first kappa shape index (κ1) is 10.2. The standard InChI is InChI=1S/C10H14N4S/c1-6(14-9(11)4-5-12-14)10-7(2)15-8(3)13-10/h4-6H,11H2,1-3H3. The summed E-state index contributed by atoms with van der Waals surface area (Å²) in [5.41, 5.74) is 6.87. The van der Waals surface area contributed by atoms with Gasteiger partial charge in [-0.05, 0) is 26.8 Å². The molecule has 0 fully saturated rings. The van der Waals surface area contributed by atoms with Crippen molar-refractivity contribution in [3.8, 4) is 0 Å². The van der Waals surface area contributed by atoms with E-state index in [1.165, 1.54) is 4.88 Å². The quantitative estimate of drug-likeness (QED) is 0.847. The van der Waals surface area contributed by atoms with Gasteiger partial charge in [-0.1, -0.05) is 0 Å². The summed E-state index contributed by atoms with van der Waals surface area (Å²) < 4.78 is 1.79. The molecule has 0 saturated carbocycles. The molecule has 80 valence electrons. The molecule has 2 rings (SSSR count). The second kappa shape index (κ2) is 3.66. The van der Waals surface area contributed by atoms with Crippen LogP contribution in [0.1, 0.15) is 28.5 Å². The Morgan fingerprint density at radius 3 is 2.67 bits per heavy atom. The highest BCUT2D eigenvalue weighted by molar-refractivity contribution is 7.11. The molecule has 5 heteroatoms. The molecule has 0 amide bonds. The Bertz CT molecular complexity index is 471. The van der Waals surface area contributed by atoms with Crippen molar-refractivity contribution in [3.63, 3.8) is 0 Å². The van der Waals surface area contributed by atoms with Crippen molar-refractivity contribution in [1.29, 1.82) is 0 Å². The van der Waals surface area contributed by atoms with Crippen molar-refractivity contribution < 1.29 is 0 Å². The first-order valence-corrected chi connectivity index (χ1v) is 5.64. The van der Waals surface area contributed by atoms with Crippen LogP contribution in [0.2, 0.25) is 0 Å². The van der Waals surface area contributed by atoms with E-state index in [4.69, 9.17) is 5.73 Å². The van der Waals surface area contributed by atoms with Crippen LogP contribution >= 0.6 is 11.3 Å². The van der Waals surface area contributed by atoms with E-state index in [-0.39, 0.29) is 6.04 Å². The van der Waals surface area contributed by atoms with Gasteiger partial charge in [-0.25, -0.2) is 9.67 Å². The molecule has 2 N–H and O–H groups in total. The molecular formula is C10H14N4S. The molecule has 1 unspecified atom stereocenters. The molecular weight excluding hydrogens is 208 g/mol. The predicted molar refractivity (Wildman–Crippen MR) is 62.0 cm³/mol. The maximum Gasteiger partial charge on any atom is 0.122 e. The lowest BCUT2D eigenvalue weighted by atomic mass is 10.2. The van der Waals surface area contributed by atoms with E-state index >= 15 is 0 Å². The van der Waals surface area contributed by atoms with Crippen LogP contribution in [0.15, 0.2) is 12.3 Å². The molecule has 0 saturated heterocycles. The highest BCUT2D eigenvalue weighted by atomic mass is 32.1. The third-order valence-electron chi connectivity index (χ3n) is 2.40. The van der Waals surface area contributed by atoms with Crippen LogP contribution in [-0.2, 0) is 0 Å². The average molecular weight is 222 g/mol. The lowest BCUT2D eigenvalue weighted by molar-refractivity contribution is 0.559. The van der Waals surface area contributed by atoms with Crippen LogP contribution in [0, 0.1) is 13.8 Å². The van der Waals surface area contributed by atoms with Crippen molar-refractivity contribution in [2.24, 2.45) is 0 Å². The van der Waals surface area contributed by atoms with Gasteiger partial charge in [-0.2, -0.15) is 5.10 Å². The summed E-state index contributed by atoms with van der Waals surface area (Å²) in [6, 6.07) is 1.90. The van der Waals surface area contributed by atoms with Crippen LogP contribution < -0.4 is 5.73 Å². The average Bonchev–Trinajstić information content (AvgIpc) is 2.71. The number of aromatic nitrogens is 3. The monoisotopic (exact) mass is 222 g/mol. The second-order valence-corrected chi connectivity index (χ2v) is 4.96. The fourth-order valence-corrected chi connectivity index (χ4v) is 2.60.